The molecule has 0 aliphatic carbocycles. The van der Waals surface area contributed by atoms with Gasteiger partial charge < -0.3 is 24.6 Å². The molecule has 0 fully saturated rings. The second-order valence-electron chi connectivity index (χ2n) is 13.7. The summed E-state index contributed by atoms with van der Waals surface area (Å²) in [7, 11) is -4.61. The smallest absolute Gasteiger partial charge is 0.462 e. The first-order valence-electron chi connectivity index (χ1n) is 20.3. The molecule has 11 heteroatoms. The monoisotopic (exact) mass is 747 g/mol. The summed E-state index contributed by atoms with van der Waals surface area (Å²) in [4.78, 5) is 34.9. The van der Waals surface area contributed by atoms with Crippen molar-refractivity contribution in [3.63, 3.8) is 0 Å². The maximum Gasteiger partial charge on any atom is 0.472 e. The van der Waals surface area contributed by atoms with E-state index in [0.29, 0.717) is 12.8 Å². The van der Waals surface area contributed by atoms with Gasteiger partial charge in [0.25, 0.3) is 0 Å². The highest BCUT2D eigenvalue weighted by atomic mass is 31.2. The van der Waals surface area contributed by atoms with E-state index in [9.17, 15) is 24.2 Å². The van der Waals surface area contributed by atoms with E-state index in [1.165, 1.54) is 70.6 Å². The zero-order chi connectivity index (χ0) is 37.7. The van der Waals surface area contributed by atoms with Gasteiger partial charge in [-0.2, -0.15) is 0 Å². The van der Waals surface area contributed by atoms with Crippen molar-refractivity contribution < 1.29 is 47.8 Å². The van der Waals surface area contributed by atoms with Gasteiger partial charge in [0.1, 0.15) is 12.7 Å². The minimum absolute atomic E-state index is 0.174. The van der Waals surface area contributed by atoms with Crippen LogP contribution in [0.5, 0.6) is 0 Å². The number of phosphoric acid groups is 1. The molecular weight excluding hydrogens is 671 g/mol. The number of carbonyl (C=O) groups excluding carboxylic acids is 2. The fourth-order valence-electron chi connectivity index (χ4n) is 5.39. The quantitative estimate of drug-likeness (QED) is 0.0241. The Hall–Kier alpha value is -1.55. The van der Waals surface area contributed by atoms with Gasteiger partial charge in [-0.15, -0.1) is 0 Å². The van der Waals surface area contributed by atoms with Crippen LogP contribution in [0.4, 0.5) is 0 Å². The molecule has 0 aliphatic heterocycles. The molecule has 0 amide bonds. The molecule has 0 radical (unpaired) electrons. The minimum Gasteiger partial charge on any atom is -0.462 e. The third-order valence-corrected chi connectivity index (χ3v) is 9.53. The average Bonchev–Trinajstić information content (AvgIpc) is 3.12. The zero-order valence-corrected chi connectivity index (χ0v) is 33.2. The third kappa shape index (κ3) is 36.6. The molecule has 0 aliphatic rings. The first kappa shape index (κ1) is 49.5. The van der Waals surface area contributed by atoms with Gasteiger partial charge in [-0.25, -0.2) is 4.57 Å². The lowest BCUT2D eigenvalue weighted by molar-refractivity contribution is -0.161. The minimum atomic E-state index is -4.61. The molecule has 0 saturated heterocycles. The van der Waals surface area contributed by atoms with Crippen LogP contribution >= 0.6 is 7.82 Å². The van der Waals surface area contributed by atoms with Gasteiger partial charge in [0.05, 0.1) is 19.8 Å². The van der Waals surface area contributed by atoms with Crippen molar-refractivity contribution in [3.05, 3.63) is 24.3 Å². The summed E-state index contributed by atoms with van der Waals surface area (Å²) in [5.41, 5.74) is 0. The molecule has 0 spiro atoms. The van der Waals surface area contributed by atoms with E-state index in [-0.39, 0.29) is 19.4 Å². The Labute approximate surface area is 310 Å². The molecule has 3 N–H and O–H groups in total. The van der Waals surface area contributed by atoms with Crippen LogP contribution in [-0.4, -0.2) is 65.7 Å². The number of allylic oxidation sites excluding steroid dienone is 4. The van der Waals surface area contributed by atoms with Gasteiger partial charge in [-0.05, 0) is 64.2 Å². The normalized spacial score (nSPS) is 14.2. The summed E-state index contributed by atoms with van der Waals surface area (Å²) in [5, 5.41) is 18.3. The fourth-order valence-corrected chi connectivity index (χ4v) is 6.18. The van der Waals surface area contributed by atoms with E-state index < -0.39 is 51.8 Å². The Morgan fingerprint density at radius 1 is 0.569 bits per heavy atom. The van der Waals surface area contributed by atoms with Crippen molar-refractivity contribution in [3.8, 4) is 0 Å². The number of unbranched alkanes of at least 4 members (excludes halogenated alkanes) is 20. The Bertz CT molecular complexity index is 910. The maximum absolute atomic E-state index is 12.6. The molecule has 0 saturated carbocycles. The summed E-state index contributed by atoms with van der Waals surface area (Å²) in [6.07, 6.45) is 34.3. The van der Waals surface area contributed by atoms with E-state index in [4.69, 9.17) is 19.1 Å². The number of rotatable bonds is 38. The standard InChI is InChI=1S/C40H75O10P/c1-3-5-7-9-11-13-15-17-18-20-21-23-25-27-29-31-39(43)47-35-38(36-49-51(45,46)48-34-37(42)33-41)50-40(44)32-30-28-26-24-22-19-16-14-12-10-8-6-4-2/h14,16-18,37-38,41-42H,3-13,15,19-36H2,1-2H3,(H,45,46)/b16-14+,18-17+/t37-,38-/m1/s1. The Kier molecular flexibility index (Phi) is 35.7. The van der Waals surface area contributed by atoms with Crippen molar-refractivity contribution in [1.82, 2.24) is 0 Å². The summed E-state index contributed by atoms with van der Waals surface area (Å²) in [5.74, 6) is -0.943. The Morgan fingerprint density at radius 3 is 1.43 bits per heavy atom. The number of ether oxygens (including phenoxy) is 2. The molecule has 10 nitrogen and oxygen atoms in total. The van der Waals surface area contributed by atoms with Crippen molar-refractivity contribution in [2.24, 2.45) is 0 Å². The molecule has 1 unspecified atom stereocenters. The highest BCUT2D eigenvalue weighted by molar-refractivity contribution is 7.47. The number of esters is 2. The number of aliphatic hydroxyl groups is 2. The molecule has 0 rings (SSSR count). The highest BCUT2D eigenvalue weighted by Crippen LogP contribution is 2.43. The van der Waals surface area contributed by atoms with Gasteiger partial charge in [0.15, 0.2) is 6.10 Å². The summed E-state index contributed by atoms with van der Waals surface area (Å²) in [6, 6.07) is 0. The van der Waals surface area contributed by atoms with Crippen LogP contribution in [0.3, 0.4) is 0 Å². The van der Waals surface area contributed by atoms with E-state index >= 15 is 0 Å². The number of carbonyl (C=O) groups is 2. The van der Waals surface area contributed by atoms with Crippen molar-refractivity contribution >= 4 is 19.8 Å². The lowest BCUT2D eigenvalue weighted by atomic mass is 10.1. The first-order chi connectivity index (χ1) is 24.7. The lowest BCUT2D eigenvalue weighted by Gasteiger charge is -2.20. The van der Waals surface area contributed by atoms with Crippen molar-refractivity contribution in [2.45, 2.75) is 193 Å². The van der Waals surface area contributed by atoms with Gasteiger partial charge in [0, 0.05) is 12.8 Å². The number of aliphatic hydroxyl groups excluding tert-OH is 2. The molecule has 300 valence electrons. The summed E-state index contributed by atoms with van der Waals surface area (Å²) in [6.45, 7) is 2.34. The van der Waals surface area contributed by atoms with E-state index in [1.54, 1.807) is 0 Å². The second-order valence-corrected chi connectivity index (χ2v) is 15.1. The molecule has 3 atom stereocenters. The Morgan fingerprint density at radius 2 is 0.961 bits per heavy atom. The molecule has 0 heterocycles. The number of hydrogen-bond acceptors (Lipinski definition) is 9. The molecule has 0 bridgehead atoms. The number of phosphoric ester groups is 1. The van der Waals surface area contributed by atoms with E-state index in [1.807, 2.05) is 0 Å². The van der Waals surface area contributed by atoms with Crippen LogP contribution in [0, 0.1) is 0 Å². The zero-order valence-electron chi connectivity index (χ0n) is 32.3. The van der Waals surface area contributed by atoms with Gasteiger partial charge in [0.2, 0.25) is 0 Å². The predicted molar refractivity (Wildman–Crippen MR) is 205 cm³/mol. The molecular formula is C40H75O10P. The maximum atomic E-state index is 12.6. The van der Waals surface area contributed by atoms with Crippen LogP contribution in [0.15, 0.2) is 24.3 Å². The molecule has 0 aromatic heterocycles. The van der Waals surface area contributed by atoms with Gasteiger partial charge in [-0.1, -0.05) is 128 Å². The van der Waals surface area contributed by atoms with Crippen LogP contribution in [-0.2, 0) is 32.7 Å². The lowest BCUT2D eigenvalue weighted by Crippen LogP contribution is -2.29. The van der Waals surface area contributed by atoms with Crippen LogP contribution in [0.1, 0.15) is 181 Å². The Balaban J connectivity index is 4.35. The number of hydrogen-bond donors (Lipinski definition) is 3. The van der Waals surface area contributed by atoms with Crippen LogP contribution < -0.4 is 0 Å². The molecule has 51 heavy (non-hydrogen) atoms. The fraction of sp³-hybridized carbons (Fsp3) is 0.850. The third-order valence-electron chi connectivity index (χ3n) is 8.58. The molecule has 0 aromatic rings. The van der Waals surface area contributed by atoms with E-state index in [0.717, 1.165) is 70.6 Å². The predicted octanol–water partition coefficient (Wildman–Crippen LogP) is 10.2. The average molecular weight is 747 g/mol. The van der Waals surface area contributed by atoms with Gasteiger partial charge in [-0.3, -0.25) is 18.6 Å². The second kappa shape index (κ2) is 36.8. The topological polar surface area (TPSA) is 149 Å². The van der Waals surface area contributed by atoms with Crippen LogP contribution in [0.25, 0.3) is 0 Å². The summed E-state index contributed by atoms with van der Waals surface area (Å²) < 4.78 is 32.6. The SMILES string of the molecule is CCCCCC/C=C/CCCCCCCC(=O)O[C@H](COC(=O)CCCCCCC/C=C/CCCCCCCC)COP(=O)(O)OC[C@H](O)CO. The van der Waals surface area contributed by atoms with Crippen molar-refractivity contribution in [1.29, 1.82) is 0 Å². The first-order valence-corrected chi connectivity index (χ1v) is 21.8. The summed E-state index contributed by atoms with van der Waals surface area (Å²) >= 11 is 0. The molecule has 0 aromatic carbocycles. The highest BCUT2D eigenvalue weighted by Gasteiger charge is 2.27. The van der Waals surface area contributed by atoms with Gasteiger partial charge >= 0.3 is 19.8 Å². The van der Waals surface area contributed by atoms with Crippen molar-refractivity contribution in [2.75, 3.05) is 26.4 Å². The largest absolute Gasteiger partial charge is 0.472 e. The van der Waals surface area contributed by atoms with Crippen LogP contribution in [0.2, 0.25) is 0 Å². The van der Waals surface area contributed by atoms with E-state index in [2.05, 4.69) is 42.7 Å².